The van der Waals surface area contributed by atoms with Crippen LogP contribution in [0.15, 0.2) is 47.4 Å². The number of likely N-dealkylation sites (N-methyl/N-ethyl adjacent to an activating group) is 1. The van der Waals surface area contributed by atoms with E-state index >= 15 is 0 Å². The quantitative estimate of drug-likeness (QED) is 0.720. The number of hydrogen-bond acceptors (Lipinski definition) is 5. The third-order valence-electron chi connectivity index (χ3n) is 3.79. The number of nitrogens with one attached hydrogen (secondary N) is 1. The minimum absolute atomic E-state index is 0.0765. The molecule has 0 atom stereocenters. The van der Waals surface area contributed by atoms with Crippen molar-refractivity contribution in [3.8, 4) is 11.5 Å². The Labute approximate surface area is 163 Å². The van der Waals surface area contributed by atoms with Gasteiger partial charge in [-0.25, -0.2) is 8.42 Å². The average molecular weight is 413 g/mol. The number of nitrogens with zero attached hydrogens (tertiary/aromatic N) is 1. The van der Waals surface area contributed by atoms with Gasteiger partial charge < -0.3 is 14.8 Å². The Kier molecular flexibility index (Phi) is 7.06. The molecule has 2 aromatic carbocycles. The van der Waals surface area contributed by atoms with Crippen LogP contribution in [-0.4, -0.2) is 45.9 Å². The highest BCUT2D eigenvalue weighted by atomic mass is 35.5. The van der Waals surface area contributed by atoms with Crippen LogP contribution in [0, 0.1) is 0 Å². The fourth-order valence-electron chi connectivity index (χ4n) is 2.40. The lowest BCUT2D eigenvalue weighted by Crippen LogP contribution is -2.37. The molecule has 0 aromatic heterocycles. The van der Waals surface area contributed by atoms with Crippen LogP contribution in [0.4, 0.5) is 5.69 Å². The maximum absolute atomic E-state index is 12.7. The van der Waals surface area contributed by atoms with Crippen LogP contribution >= 0.6 is 11.6 Å². The highest BCUT2D eigenvalue weighted by molar-refractivity contribution is 7.89. The predicted molar refractivity (Wildman–Crippen MR) is 104 cm³/mol. The molecule has 0 radical (unpaired) electrons. The number of anilines is 1. The molecule has 0 saturated carbocycles. The van der Waals surface area contributed by atoms with Gasteiger partial charge in [0.1, 0.15) is 0 Å². The first-order valence-corrected chi connectivity index (χ1v) is 9.91. The van der Waals surface area contributed by atoms with Gasteiger partial charge >= 0.3 is 0 Å². The van der Waals surface area contributed by atoms with E-state index in [1.807, 2.05) is 0 Å². The summed E-state index contributed by atoms with van der Waals surface area (Å²) in [5.41, 5.74) is 0.470. The summed E-state index contributed by atoms with van der Waals surface area (Å²) < 4.78 is 36.9. The molecule has 0 fully saturated rings. The number of ether oxygens (including phenoxy) is 2. The molecular weight excluding hydrogens is 392 g/mol. The third-order valence-corrected chi connectivity index (χ3v) is 5.98. The molecule has 0 aliphatic heterocycles. The molecule has 0 heterocycles. The van der Waals surface area contributed by atoms with E-state index in [-0.39, 0.29) is 18.0 Å². The first-order valence-electron chi connectivity index (χ1n) is 8.09. The molecule has 1 N–H and O–H groups in total. The lowest BCUT2D eigenvalue weighted by molar-refractivity contribution is -0.116. The van der Waals surface area contributed by atoms with E-state index in [0.717, 1.165) is 4.31 Å². The Morgan fingerprint density at radius 1 is 1.07 bits per heavy atom. The summed E-state index contributed by atoms with van der Waals surface area (Å²) in [6.45, 7) is 1.48. The van der Waals surface area contributed by atoms with Gasteiger partial charge in [0, 0.05) is 23.3 Å². The number of carbonyl (C=O) groups is 1. The molecule has 27 heavy (non-hydrogen) atoms. The Hall–Kier alpha value is -2.29. The van der Waals surface area contributed by atoms with E-state index in [1.54, 1.807) is 25.1 Å². The van der Waals surface area contributed by atoms with Crippen molar-refractivity contribution in [3.63, 3.8) is 0 Å². The summed E-state index contributed by atoms with van der Waals surface area (Å²) in [7, 11) is -0.812. The van der Waals surface area contributed by atoms with Gasteiger partial charge in [-0.05, 0) is 36.4 Å². The molecule has 9 heteroatoms. The normalized spacial score (nSPS) is 11.3. The van der Waals surface area contributed by atoms with Crippen molar-refractivity contribution in [2.45, 2.75) is 11.8 Å². The Morgan fingerprint density at radius 2 is 1.70 bits per heavy atom. The van der Waals surface area contributed by atoms with Gasteiger partial charge in [0.15, 0.2) is 11.5 Å². The van der Waals surface area contributed by atoms with E-state index in [4.69, 9.17) is 21.1 Å². The van der Waals surface area contributed by atoms with Crippen molar-refractivity contribution >= 4 is 33.2 Å². The van der Waals surface area contributed by atoms with Crippen LogP contribution in [-0.2, 0) is 14.8 Å². The van der Waals surface area contributed by atoms with Crippen molar-refractivity contribution in [2.75, 3.05) is 32.6 Å². The predicted octanol–water partition coefficient (Wildman–Crippen LogP) is 3.01. The summed E-state index contributed by atoms with van der Waals surface area (Å²) in [5, 5.41) is 3.10. The van der Waals surface area contributed by atoms with E-state index in [1.165, 1.54) is 38.5 Å². The van der Waals surface area contributed by atoms with Crippen LogP contribution in [0.25, 0.3) is 0 Å². The highest BCUT2D eigenvalue weighted by Gasteiger charge is 2.25. The molecule has 0 bridgehead atoms. The molecule has 0 aliphatic carbocycles. The van der Waals surface area contributed by atoms with Crippen molar-refractivity contribution in [1.82, 2.24) is 4.31 Å². The van der Waals surface area contributed by atoms with Crippen LogP contribution in [0.2, 0.25) is 5.02 Å². The topological polar surface area (TPSA) is 84.9 Å². The Bertz CT molecular complexity index is 900. The zero-order valence-corrected chi connectivity index (χ0v) is 16.8. The van der Waals surface area contributed by atoms with Crippen LogP contribution in [0.5, 0.6) is 11.5 Å². The maximum Gasteiger partial charge on any atom is 0.243 e. The maximum atomic E-state index is 12.7. The number of methoxy groups -OCH3 is 2. The highest BCUT2D eigenvalue weighted by Crippen LogP contribution is 2.29. The minimum atomic E-state index is -3.81. The Balaban J connectivity index is 2.14. The van der Waals surface area contributed by atoms with Crippen LogP contribution < -0.4 is 14.8 Å². The summed E-state index contributed by atoms with van der Waals surface area (Å²) in [6.07, 6.45) is 0. The average Bonchev–Trinajstić information content (AvgIpc) is 2.66. The number of amides is 1. The van der Waals surface area contributed by atoms with Gasteiger partial charge in [-0.3, -0.25) is 4.79 Å². The molecule has 0 aliphatic rings. The van der Waals surface area contributed by atoms with E-state index in [0.29, 0.717) is 22.2 Å². The number of sulfonamides is 1. The third kappa shape index (κ3) is 5.12. The van der Waals surface area contributed by atoms with Crippen LogP contribution in [0.1, 0.15) is 6.92 Å². The van der Waals surface area contributed by atoms with Gasteiger partial charge in [0.25, 0.3) is 0 Å². The summed E-state index contributed by atoms with van der Waals surface area (Å²) in [5.74, 6) is 0.508. The summed E-state index contributed by atoms with van der Waals surface area (Å²) in [6, 6.07) is 10.7. The second-order valence-corrected chi connectivity index (χ2v) is 7.88. The molecule has 0 saturated heterocycles. The number of benzene rings is 2. The standard InChI is InChI=1S/C18H21ClN2O5S/c1-4-21(27(23,24)15-8-5-13(19)6-9-15)12-18(22)20-14-7-10-16(25-2)17(11-14)26-3/h5-11H,4,12H2,1-3H3,(H,20,22). The smallest absolute Gasteiger partial charge is 0.243 e. The molecule has 2 rings (SSSR count). The molecule has 1 amide bonds. The number of carbonyl (C=O) groups excluding carboxylic acids is 1. The largest absolute Gasteiger partial charge is 0.493 e. The zero-order chi connectivity index (χ0) is 20.0. The monoisotopic (exact) mass is 412 g/mol. The van der Waals surface area contributed by atoms with Gasteiger partial charge in [-0.1, -0.05) is 18.5 Å². The zero-order valence-electron chi connectivity index (χ0n) is 15.2. The molecule has 146 valence electrons. The first kappa shape index (κ1) is 21.0. The van der Waals surface area contributed by atoms with Crippen molar-refractivity contribution in [3.05, 3.63) is 47.5 Å². The van der Waals surface area contributed by atoms with Crippen molar-refractivity contribution in [2.24, 2.45) is 0 Å². The number of halogens is 1. The van der Waals surface area contributed by atoms with E-state index in [9.17, 15) is 13.2 Å². The molecular formula is C18H21ClN2O5S. The van der Waals surface area contributed by atoms with E-state index < -0.39 is 15.9 Å². The van der Waals surface area contributed by atoms with Crippen LogP contribution in [0.3, 0.4) is 0 Å². The first-order chi connectivity index (χ1) is 12.8. The second-order valence-electron chi connectivity index (χ2n) is 5.50. The second kappa shape index (κ2) is 9.07. The van der Waals surface area contributed by atoms with E-state index in [2.05, 4.69) is 5.32 Å². The molecule has 7 nitrogen and oxygen atoms in total. The Morgan fingerprint density at radius 3 is 2.26 bits per heavy atom. The minimum Gasteiger partial charge on any atom is -0.493 e. The SMILES string of the molecule is CCN(CC(=O)Nc1ccc(OC)c(OC)c1)S(=O)(=O)c1ccc(Cl)cc1. The lowest BCUT2D eigenvalue weighted by Gasteiger charge is -2.20. The van der Waals surface area contributed by atoms with Gasteiger partial charge in [-0.15, -0.1) is 0 Å². The van der Waals surface area contributed by atoms with Gasteiger partial charge in [-0.2, -0.15) is 4.31 Å². The number of hydrogen-bond donors (Lipinski definition) is 1. The van der Waals surface area contributed by atoms with Crippen molar-refractivity contribution < 1.29 is 22.7 Å². The summed E-state index contributed by atoms with van der Waals surface area (Å²) in [4.78, 5) is 12.4. The van der Waals surface area contributed by atoms with Gasteiger partial charge in [0.05, 0.1) is 25.7 Å². The van der Waals surface area contributed by atoms with Crippen molar-refractivity contribution in [1.29, 1.82) is 0 Å². The summed E-state index contributed by atoms with van der Waals surface area (Å²) >= 11 is 5.80. The molecule has 0 unspecified atom stereocenters. The lowest BCUT2D eigenvalue weighted by atomic mass is 10.2. The van der Waals surface area contributed by atoms with Gasteiger partial charge in [0.2, 0.25) is 15.9 Å². The fraction of sp³-hybridized carbons (Fsp3) is 0.278. The molecule has 0 spiro atoms. The molecule has 2 aromatic rings. The fourth-order valence-corrected chi connectivity index (χ4v) is 3.93. The number of rotatable bonds is 8.